The van der Waals surface area contributed by atoms with Gasteiger partial charge in [-0.2, -0.15) is 5.10 Å². The fourth-order valence-electron chi connectivity index (χ4n) is 5.26. The number of carbonyl (C=O) groups excluding carboxylic acids is 1. The largest absolute Gasteiger partial charge is 0.391 e. The molecular weight excluding hydrogens is 368 g/mol. The number of hydrogen-bond acceptors (Lipinski definition) is 5. The van der Waals surface area contributed by atoms with Crippen LogP contribution in [0.4, 0.5) is 0 Å². The van der Waals surface area contributed by atoms with Gasteiger partial charge in [-0.05, 0) is 48.9 Å². The molecule has 29 heavy (non-hydrogen) atoms. The van der Waals surface area contributed by atoms with E-state index in [-0.39, 0.29) is 18.1 Å². The summed E-state index contributed by atoms with van der Waals surface area (Å²) in [6.07, 6.45) is 5.04. The number of benzene rings is 1. The average Bonchev–Trinajstić information content (AvgIpc) is 3.43. The lowest BCUT2D eigenvalue weighted by Gasteiger charge is -2.43. The number of aliphatic hydroxyl groups excluding tert-OH is 1. The molecule has 7 nitrogen and oxygen atoms in total. The van der Waals surface area contributed by atoms with Gasteiger partial charge in [0.1, 0.15) is 0 Å². The van der Waals surface area contributed by atoms with Crippen molar-refractivity contribution in [1.82, 2.24) is 19.6 Å². The molecule has 1 aliphatic carbocycles. The van der Waals surface area contributed by atoms with E-state index < -0.39 is 0 Å². The number of hydrogen-bond donors (Lipinski definition) is 1. The lowest BCUT2D eigenvalue weighted by Crippen LogP contribution is -2.53. The Balaban J connectivity index is 1.28. The van der Waals surface area contributed by atoms with E-state index in [1.54, 1.807) is 10.9 Å². The van der Waals surface area contributed by atoms with Gasteiger partial charge in [0, 0.05) is 50.2 Å². The number of nitrogens with zero attached hydrogens (tertiary/aromatic N) is 4. The first-order chi connectivity index (χ1) is 14.2. The van der Waals surface area contributed by atoms with Crippen molar-refractivity contribution in [2.45, 2.75) is 25.0 Å². The molecule has 3 heterocycles. The molecule has 3 aliphatic rings. The molecule has 0 radical (unpaired) electrons. The van der Waals surface area contributed by atoms with Crippen LogP contribution in [0, 0.1) is 11.8 Å². The standard InChI is InChI=1S/C22H28N4O3/c27-21-13-18-15-25(14-17(18)12-20(21)24-7-9-29-10-8-24)22(28)16-3-1-4-19(11-16)26-6-2-5-23-26/h1-6,11,17-18,20-21,27H,7-10,12-15H2/t17-,18+,20-,21-/m1/s1. The lowest BCUT2D eigenvalue weighted by atomic mass is 9.77. The summed E-state index contributed by atoms with van der Waals surface area (Å²) >= 11 is 0. The third kappa shape index (κ3) is 3.70. The Morgan fingerprint density at radius 2 is 1.90 bits per heavy atom. The normalized spacial score (nSPS) is 30.3. The lowest BCUT2D eigenvalue weighted by molar-refractivity contribution is -0.0520. The molecule has 1 saturated carbocycles. The van der Waals surface area contributed by atoms with Gasteiger partial charge in [-0.25, -0.2) is 4.68 Å². The first kappa shape index (κ1) is 18.8. The summed E-state index contributed by atoms with van der Waals surface area (Å²) in [7, 11) is 0. The number of morpholine rings is 1. The minimum atomic E-state index is -0.312. The minimum absolute atomic E-state index is 0.0748. The molecule has 3 fully saturated rings. The third-order valence-electron chi connectivity index (χ3n) is 6.77. The summed E-state index contributed by atoms with van der Waals surface area (Å²) in [6.45, 7) is 4.79. The predicted molar refractivity (Wildman–Crippen MR) is 108 cm³/mol. The zero-order valence-corrected chi connectivity index (χ0v) is 16.6. The molecule has 2 aliphatic heterocycles. The van der Waals surface area contributed by atoms with Gasteiger partial charge in [0.25, 0.3) is 5.91 Å². The monoisotopic (exact) mass is 396 g/mol. The maximum Gasteiger partial charge on any atom is 0.253 e. The van der Waals surface area contributed by atoms with Crippen molar-refractivity contribution in [3.05, 3.63) is 48.3 Å². The Bertz CT molecular complexity index is 850. The zero-order chi connectivity index (χ0) is 19.8. The van der Waals surface area contributed by atoms with Crippen LogP contribution in [0.3, 0.4) is 0 Å². The fourth-order valence-corrected chi connectivity index (χ4v) is 5.26. The van der Waals surface area contributed by atoms with E-state index in [4.69, 9.17) is 4.74 Å². The van der Waals surface area contributed by atoms with E-state index in [2.05, 4.69) is 10.00 Å². The molecule has 2 saturated heterocycles. The number of likely N-dealkylation sites (tertiary alicyclic amines) is 1. The van der Waals surface area contributed by atoms with Crippen LogP contribution in [0.2, 0.25) is 0 Å². The van der Waals surface area contributed by atoms with E-state index in [1.165, 1.54) is 0 Å². The highest BCUT2D eigenvalue weighted by atomic mass is 16.5. The van der Waals surface area contributed by atoms with Crippen LogP contribution in [0.1, 0.15) is 23.2 Å². The highest BCUT2D eigenvalue weighted by Crippen LogP contribution is 2.39. The molecular formula is C22H28N4O3. The number of aliphatic hydroxyl groups is 1. The van der Waals surface area contributed by atoms with Crippen molar-refractivity contribution in [2.75, 3.05) is 39.4 Å². The summed E-state index contributed by atoms with van der Waals surface area (Å²) in [5.74, 6) is 0.927. The molecule has 5 rings (SSSR count). The molecule has 0 spiro atoms. The van der Waals surface area contributed by atoms with Crippen molar-refractivity contribution >= 4 is 5.91 Å². The summed E-state index contributed by atoms with van der Waals surface area (Å²) in [6, 6.07) is 9.71. The molecule has 1 aromatic heterocycles. The fraction of sp³-hybridized carbons (Fsp3) is 0.545. The van der Waals surface area contributed by atoms with Crippen LogP contribution < -0.4 is 0 Å². The van der Waals surface area contributed by atoms with Crippen LogP contribution in [-0.2, 0) is 4.74 Å². The van der Waals surface area contributed by atoms with E-state index in [1.807, 2.05) is 41.4 Å². The quantitative estimate of drug-likeness (QED) is 0.850. The summed E-state index contributed by atoms with van der Waals surface area (Å²) in [5, 5.41) is 15.0. The van der Waals surface area contributed by atoms with E-state index in [0.717, 1.165) is 57.9 Å². The maximum atomic E-state index is 13.2. The van der Waals surface area contributed by atoms with E-state index in [9.17, 15) is 9.90 Å². The molecule has 1 aromatic carbocycles. The number of carbonyl (C=O) groups is 1. The number of rotatable bonds is 3. The topological polar surface area (TPSA) is 70.8 Å². The number of fused-ring (bicyclic) bond motifs is 1. The van der Waals surface area contributed by atoms with Gasteiger partial charge in [-0.15, -0.1) is 0 Å². The Hall–Kier alpha value is -2.22. The van der Waals surface area contributed by atoms with E-state index >= 15 is 0 Å². The van der Waals surface area contributed by atoms with Gasteiger partial charge in [0.15, 0.2) is 0 Å². The molecule has 7 heteroatoms. The highest BCUT2D eigenvalue weighted by Gasteiger charge is 2.44. The predicted octanol–water partition coefficient (Wildman–Crippen LogP) is 1.42. The van der Waals surface area contributed by atoms with Crippen molar-refractivity contribution < 1.29 is 14.6 Å². The number of ether oxygens (including phenoxy) is 1. The van der Waals surface area contributed by atoms with Crippen LogP contribution in [0.25, 0.3) is 5.69 Å². The highest BCUT2D eigenvalue weighted by molar-refractivity contribution is 5.95. The minimum Gasteiger partial charge on any atom is -0.391 e. The SMILES string of the molecule is O=C(c1cccc(-n2cccn2)c1)N1C[C@H]2C[C@@H](N3CCOCC3)[C@H](O)C[C@H]2C1. The number of aromatic nitrogens is 2. The smallest absolute Gasteiger partial charge is 0.253 e. The van der Waals surface area contributed by atoms with E-state index in [0.29, 0.717) is 17.4 Å². The Kier molecular flexibility index (Phi) is 5.11. The van der Waals surface area contributed by atoms with Gasteiger partial charge in [0.05, 0.1) is 25.0 Å². The zero-order valence-electron chi connectivity index (χ0n) is 16.6. The molecule has 0 bridgehead atoms. The second-order valence-corrected chi connectivity index (χ2v) is 8.49. The molecule has 154 valence electrons. The first-order valence-electron chi connectivity index (χ1n) is 10.6. The Labute approximate surface area is 170 Å². The second-order valence-electron chi connectivity index (χ2n) is 8.49. The van der Waals surface area contributed by atoms with Gasteiger partial charge in [0.2, 0.25) is 0 Å². The third-order valence-corrected chi connectivity index (χ3v) is 6.77. The van der Waals surface area contributed by atoms with Gasteiger partial charge in [-0.1, -0.05) is 6.07 Å². The van der Waals surface area contributed by atoms with Crippen LogP contribution in [0.5, 0.6) is 0 Å². The maximum absolute atomic E-state index is 13.2. The Morgan fingerprint density at radius 3 is 2.66 bits per heavy atom. The summed E-state index contributed by atoms with van der Waals surface area (Å²) < 4.78 is 7.23. The first-order valence-corrected chi connectivity index (χ1v) is 10.6. The average molecular weight is 396 g/mol. The van der Waals surface area contributed by atoms with Crippen molar-refractivity contribution in [3.8, 4) is 5.69 Å². The summed E-state index contributed by atoms with van der Waals surface area (Å²) in [5.41, 5.74) is 1.59. The van der Waals surface area contributed by atoms with Gasteiger partial charge >= 0.3 is 0 Å². The van der Waals surface area contributed by atoms with Gasteiger partial charge < -0.3 is 14.7 Å². The van der Waals surface area contributed by atoms with Crippen LogP contribution in [-0.4, -0.2) is 82.1 Å². The van der Waals surface area contributed by atoms with Crippen molar-refractivity contribution in [1.29, 1.82) is 0 Å². The molecule has 0 unspecified atom stereocenters. The number of amides is 1. The molecule has 1 N–H and O–H groups in total. The van der Waals surface area contributed by atoms with Crippen molar-refractivity contribution in [2.24, 2.45) is 11.8 Å². The Morgan fingerprint density at radius 1 is 1.10 bits per heavy atom. The van der Waals surface area contributed by atoms with Gasteiger partial charge in [-0.3, -0.25) is 9.69 Å². The summed E-state index contributed by atoms with van der Waals surface area (Å²) in [4.78, 5) is 17.5. The van der Waals surface area contributed by atoms with Crippen molar-refractivity contribution in [3.63, 3.8) is 0 Å². The molecule has 1 amide bonds. The van der Waals surface area contributed by atoms with Crippen LogP contribution >= 0.6 is 0 Å². The molecule has 4 atom stereocenters. The van der Waals surface area contributed by atoms with Crippen LogP contribution in [0.15, 0.2) is 42.7 Å². The second kappa shape index (κ2) is 7.89. The molecule has 2 aromatic rings.